The summed E-state index contributed by atoms with van der Waals surface area (Å²) < 4.78 is 5.42. The van der Waals surface area contributed by atoms with Gasteiger partial charge in [-0.1, -0.05) is 13.3 Å². The zero-order chi connectivity index (χ0) is 29.8. The van der Waals surface area contributed by atoms with Crippen molar-refractivity contribution in [1.29, 1.82) is 0 Å². The number of hydrogen-bond acceptors (Lipinski definition) is 10. The highest BCUT2D eigenvalue weighted by molar-refractivity contribution is 5.78. The third-order valence-corrected chi connectivity index (χ3v) is 6.27. The smallest absolute Gasteiger partial charge is 0.317 e. The van der Waals surface area contributed by atoms with Crippen molar-refractivity contribution in [3.05, 3.63) is 0 Å². The van der Waals surface area contributed by atoms with Gasteiger partial charge in [0.1, 0.15) is 0 Å². The summed E-state index contributed by atoms with van der Waals surface area (Å²) in [6.45, 7) is 5.46. The minimum Gasteiger partial charge on any atom is -0.480 e. The van der Waals surface area contributed by atoms with Crippen LogP contribution >= 0.6 is 0 Å². The lowest BCUT2D eigenvalue weighted by Gasteiger charge is -2.32. The van der Waals surface area contributed by atoms with Gasteiger partial charge in [0.15, 0.2) is 0 Å². The first-order chi connectivity index (χ1) is 19.1. The number of unbranched alkanes of at least 4 members (excludes halogenated alkanes) is 1. The number of nitrogens with zero attached hydrogens (tertiary/aromatic N) is 4. The number of rotatable bonds is 17. The van der Waals surface area contributed by atoms with Gasteiger partial charge in [0, 0.05) is 71.9 Å². The van der Waals surface area contributed by atoms with E-state index in [0.29, 0.717) is 58.9 Å². The third-order valence-electron chi connectivity index (χ3n) is 6.27. The average Bonchev–Trinajstić information content (AvgIpc) is 2.87. The molecule has 230 valence electrons. The first kappa shape index (κ1) is 35.2. The molecule has 1 fully saturated rings. The Bertz CT molecular complexity index is 769. The van der Waals surface area contributed by atoms with E-state index >= 15 is 0 Å². The second-order valence-corrected chi connectivity index (χ2v) is 9.70. The third kappa shape index (κ3) is 18.4. The maximum atomic E-state index is 12.6. The van der Waals surface area contributed by atoms with E-state index in [0.717, 1.165) is 12.8 Å². The van der Waals surface area contributed by atoms with Crippen LogP contribution in [0.5, 0.6) is 0 Å². The summed E-state index contributed by atoms with van der Waals surface area (Å²) >= 11 is 0. The summed E-state index contributed by atoms with van der Waals surface area (Å²) in [5.41, 5.74) is 0. The number of ether oxygens (including phenoxy) is 1. The van der Waals surface area contributed by atoms with Crippen LogP contribution in [-0.4, -0.2) is 169 Å². The molecule has 15 heteroatoms. The highest BCUT2D eigenvalue weighted by atomic mass is 16.5. The van der Waals surface area contributed by atoms with E-state index in [-0.39, 0.29) is 64.2 Å². The molecule has 1 aliphatic rings. The molecule has 40 heavy (non-hydrogen) atoms. The molecule has 5 N–H and O–H groups in total. The molecule has 1 heterocycles. The first-order valence-electron chi connectivity index (χ1n) is 13.7. The number of aliphatic carboxylic acids is 3. The average molecular weight is 575 g/mol. The molecule has 0 aliphatic carbocycles. The molecule has 15 nitrogen and oxygen atoms in total. The molecule has 1 saturated heterocycles. The number of nitrogens with one attached hydrogen (secondary N) is 2. The summed E-state index contributed by atoms with van der Waals surface area (Å²) in [6.07, 6.45) is 2.18. The van der Waals surface area contributed by atoms with Crippen molar-refractivity contribution in [2.45, 2.75) is 26.2 Å². The van der Waals surface area contributed by atoms with Crippen LogP contribution < -0.4 is 10.6 Å². The molecule has 0 atom stereocenters. The van der Waals surface area contributed by atoms with Crippen molar-refractivity contribution in [3.8, 4) is 0 Å². The standard InChI is InChI=1S/C25H46N6O9/c1-2-3-5-26-21(32)4-15-40-16-6-27-22(33)17-28-7-9-29(18-23(34)35)11-13-31(20-25(38)39)14-12-30(10-8-28)19-24(36)37/h2-20H2,1H3,(H,26,32)(H,27,33)(H,34,35)(H,36,37)(H,38,39). The van der Waals surface area contributed by atoms with Crippen molar-refractivity contribution in [3.63, 3.8) is 0 Å². The minimum atomic E-state index is -1.02. The summed E-state index contributed by atoms with van der Waals surface area (Å²) in [5.74, 6) is -3.36. The van der Waals surface area contributed by atoms with Crippen LogP contribution in [-0.2, 0) is 28.7 Å². The largest absolute Gasteiger partial charge is 0.480 e. The number of carbonyl (C=O) groups is 5. The van der Waals surface area contributed by atoms with E-state index in [1.54, 1.807) is 14.7 Å². The highest BCUT2D eigenvalue weighted by Gasteiger charge is 2.21. The number of carbonyl (C=O) groups excluding carboxylic acids is 2. The zero-order valence-electron chi connectivity index (χ0n) is 23.5. The van der Waals surface area contributed by atoms with Gasteiger partial charge in [-0.05, 0) is 6.42 Å². The number of amides is 2. The maximum Gasteiger partial charge on any atom is 0.317 e. The summed E-state index contributed by atoms with van der Waals surface area (Å²) in [4.78, 5) is 65.2. The van der Waals surface area contributed by atoms with E-state index in [1.165, 1.54) is 0 Å². The lowest BCUT2D eigenvalue weighted by atomic mass is 10.3. The molecular formula is C25H46N6O9. The van der Waals surface area contributed by atoms with Gasteiger partial charge in [0.2, 0.25) is 11.8 Å². The van der Waals surface area contributed by atoms with Crippen LogP contribution in [0.15, 0.2) is 0 Å². The predicted molar refractivity (Wildman–Crippen MR) is 145 cm³/mol. The topological polar surface area (TPSA) is 192 Å². The van der Waals surface area contributed by atoms with Crippen LogP contribution in [0.25, 0.3) is 0 Å². The fourth-order valence-corrected chi connectivity index (χ4v) is 4.07. The zero-order valence-corrected chi connectivity index (χ0v) is 23.5. The van der Waals surface area contributed by atoms with Crippen molar-refractivity contribution >= 4 is 29.7 Å². The van der Waals surface area contributed by atoms with Gasteiger partial charge in [0.25, 0.3) is 0 Å². The number of carboxylic acids is 3. The van der Waals surface area contributed by atoms with Crippen LogP contribution in [0, 0.1) is 0 Å². The van der Waals surface area contributed by atoms with Crippen molar-refractivity contribution < 1.29 is 44.0 Å². The Morgan fingerprint density at radius 1 is 0.600 bits per heavy atom. The summed E-state index contributed by atoms with van der Waals surface area (Å²) in [5, 5.41) is 33.4. The molecule has 0 saturated carbocycles. The molecule has 2 amide bonds. The predicted octanol–water partition coefficient (Wildman–Crippen LogP) is -2.10. The van der Waals surface area contributed by atoms with Gasteiger partial charge in [-0.2, -0.15) is 0 Å². The fraction of sp³-hybridized carbons (Fsp3) is 0.800. The van der Waals surface area contributed by atoms with E-state index in [1.807, 2.05) is 11.8 Å². The maximum absolute atomic E-state index is 12.6. The second kappa shape index (κ2) is 21.0. The molecule has 0 unspecified atom stereocenters. The SMILES string of the molecule is CCCCNC(=O)CCOCCNC(=O)CN1CCN(CC(=O)O)CCN(CC(=O)O)CCN(CC(=O)O)CC1. The molecule has 0 bridgehead atoms. The first-order valence-corrected chi connectivity index (χ1v) is 13.7. The minimum absolute atomic E-state index is 0.0345. The molecule has 0 aromatic rings. The monoisotopic (exact) mass is 574 g/mol. The fourth-order valence-electron chi connectivity index (χ4n) is 4.07. The van der Waals surface area contributed by atoms with E-state index in [4.69, 9.17) is 4.74 Å². The molecule has 1 aliphatic heterocycles. The van der Waals surface area contributed by atoms with E-state index in [2.05, 4.69) is 10.6 Å². The lowest BCUT2D eigenvalue weighted by Crippen LogP contribution is -2.50. The van der Waals surface area contributed by atoms with Crippen LogP contribution in [0.3, 0.4) is 0 Å². The summed E-state index contributed by atoms with van der Waals surface area (Å²) in [6, 6.07) is 0. The van der Waals surface area contributed by atoms with Crippen molar-refractivity contribution in [1.82, 2.24) is 30.2 Å². The van der Waals surface area contributed by atoms with Gasteiger partial charge in [-0.15, -0.1) is 0 Å². The quantitative estimate of drug-likeness (QED) is 0.119. The molecule has 1 rings (SSSR count). The Labute approximate surface area is 235 Å². The molecule has 0 spiro atoms. The molecule has 0 radical (unpaired) electrons. The van der Waals surface area contributed by atoms with Gasteiger partial charge in [-0.25, -0.2) is 0 Å². The highest BCUT2D eigenvalue weighted by Crippen LogP contribution is 2.01. The van der Waals surface area contributed by atoms with E-state index in [9.17, 15) is 39.3 Å². The number of carboxylic acid groups (broad SMARTS) is 3. The van der Waals surface area contributed by atoms with Crippen molar-refractivity contribution in [2.75, 3.05) is 105 Å². The van der Waals surface area contributed by atoms with Gasteiger partial charge in [-0.3, -0.25) is 43.6 Å². The lowest BCUT2D eigenvalue weighted by molar-refractivity contribution is -0.140. The molecular weight excluding hydrogens is 528 g/mol. The Morgan fingerprint density at radius 2 is 1.00 bits per heavy atom. The van der Waals surface area contributed by atoms with Gasteiger partial charge >= 0.3 is 17.9 Å². The Hall–Kier alpha value is -2.85. The van der Waals surface area contributed by atoms with Crippen LogP contribution in [0.1, 0.15) is 26.2 Å². The normalized spacial score (nSPS) is 16.9. The van der Waals surface area contributed by atoms with Gasteiger partial charge in [0.05, 0.1) is 39.4 Å². The van der Waals surface area contributed by atoms with Crippen molar-refractivity contribution in [2.24, 2.45) is 0 Å². The Morgan fingerprint density at radius 3 is 1.40 bits per heavy atom. The van der Waals surface area contributed by atoms with Crippen LogP contribution in [0.2, 0.25) is 0 Å². The molecule has 0 aromatic carbocycles. The van der Waals surface area contributed by atoms with E-state index < -0.39 is 17.9 Å². The second-order valence-electron chi connectivity index (χ2n) is 9.70. The Balaban J connectivity index is 2.64. The number of hydrogen-bond donors (Lipinski definition) is 5. The van der Waals surface area contributed by atoms with Crippen LogP contribution in [0.4, 0.5) is 0 Å². The van der Waals surface area contributed by atoms with Gasteiger partial charge < -0.3 is 30.7 Å². The molecule has 0 aromatic heterocycles. The Kier molecular flexibility index (Phi) is 18.4. The summed E-state index contributed by atoms with van der Waals surface area (Å²) in [7, 11) is 0.